The van der Waals surface area contributed by atoms with E-state index in [1.807, 2.05) is 40.8 Å². The van der Waals surface area contributed by atoms with Crippen molar-refractivity contribution in [2.24, 2.45) is 0 Å². The Morgan fingerprint density at radius 3 is 2.41 bits per heavy atom. The molecule has 0 unspecified atom stereocenters. The van der Waals surface area contributed by atoms with Crippen LogP contribution in [-0.4, -0.2) is 37.8 Å². The van der Waals surface area contributed by atoms with Crippen molar-refractivity contribution in [3.05, 3.63) is 94.8 Å². The summed E-state index contributed by atoms with van der Waals surface area (Å²) in [7, 11) is 1.59. The molecule has 0 atom stereocenters. The van der Waals surface area contributed by atoms with E-state index in [1.165, 1.54) is 16.3 Å². The lowest BCUT2D eigenvalue weighted by atomic mass is 10.2. The molecule has 32 heavy (non-hydrogen) atoms. The minimum atomic E-state index is -0.192. The van der Waals surface area contributed by atoms with Crippen LogP contribution in [0.25, 0.3) is 22.4 Å². The van der Waals surface area contributed by atoms with E-state index in [1.54, 1.807) is 49.6 Å². The average molecular weight is 443 g/mol. The van der Waals surface area contributed by atoms with Crippen molar-refractivity contribution in [1.29, 1.82) is 0 Å². The summed E-state index contributed by atoms with van der Waals surface area (Å²) in [5.41, 5.74) is 1.80. The molecule has 0 radical (unpaired) electrons. The van der Waals surface area contributed by atoms with E-state index in [2.05, 4.69) is 10.2 Å². The second kappa shape index (κ2) is 8.32. The van der Waals surface area contributed by atoms with Crippen molar-refractivity contribution in [2.45, 2.75) is 5.16 Å². The molecule has 0 aliphatic heterocycles. The molecule has 8 heteroatoms. The van der Waals surface area contributed by atoms with Crippen LogP contribution in [0.4, 0.5) is 0 Å². The van der Waals surface area contributed by atoms with E-state index < -0.39 is 0 Å². The van der Waals surface area contributed by atoms with Crippen LogP contribution < -0.4 is 10.3 Å². The number of nitrogens with zero attached hydrogens (tertiary/aromatic N) is 4. The number of rotatable bonds is 6. The Kier molecular flexibility index (Phi) is 5.20. The van der Waals surface area contributed by atoms with Gasteiger partial charge in [-0.1, -0.05) is 54.2 Å². The van der Waals surface area contributed by atoms with E-state index in [4.69, 9.17) is 4.74 Å². The maximum absolute atomic E-state index is 13.3. The third-order valence-electron chi connectivity index (χ3n) is 5.15. The van der Waals surface area contributed by atoms with Crippen LogP contribution in [0, 0.1) is 0 Å². The first kappa shape index (κ1) is 20.0. The summed E-state index contributed by atoms with van der Waals surface area (Å²) >= 11 is 1.29. The maximum atomic E-state index is 13.3. The molecule has 2 heterocycles. The number of benzene rings is 3. The largest absolute Gasteiger partial charge is 0.497 e. The van der Waals surface area contributed by atoms with Crippen molar-refractivity contribution in [1.82, 2.24) is 19.2 Å². The number of aromatic nitrogens is 4. The van der Waals surface area contributed by atoms with Gasteiger partial charge in [0.05, 0.1) is 29.5 Å². The fourth-order valence-corrected chi connectivity index (χ4v) is 4.41. The van der Waals surface area contributed by atoms with Gasteiger partial charge in [0, 0.05) is 5.56 Å². The molecule has 5 rings (SSSR count). The fourth-order valence-electron chi connectivity index (χ4n) is 3.57. The molecule has 0 saturated carbocycles. The maximum Gasteiger partial charge on any atom is 0.267 e. The lowest BCUT2D eigenvalue weighted by Gasteiger charge is -2.11. The molecule has 0 aliphatic carbocycles. The van der Waals surface area contributed by atoms with E-state index in [9.17, 15) is 9.59 Å². The van der Waals surface area contributed by atoms with Crippen molar-refractivity contribution in [3.8, 4) is 11.4 Å². The second-order valence-corrected chi connectivity index (χ2v) is 7.99. The summed E-state index contributed by atoms with van der Waals surface area (Å²) in [6.45, 7) is 0. The number of carbonyl (C=O) groups excluding carboxylic acids is 1. The highest BCUT2D eigenvalue weighted by Gasteiger charge is 2.19. The monoisotopic (exact) mass is 442 g/mol. The molecule has 158 valence electrons. The number of thioether (sulfide) groups is 1. The van der Waals surface area contributed by atoms with Gasteiger partial charge < -0.3 is 4.74 Å². The zero-order valence-electron chi connectivity index (χ0n) is 17.1. The lowest BCUT2D eigenvalue weighted by molar-refractivity contribution is 0.102. The third-order valence-corrected chi connectivity index (χ3v) is 6.08. The zero-order chi connectivity index (χ0) is 22.1. The van der Waals surface area contributed by atoms with Crippen molar-refractivity contribution in [3.63, 3.8) is 0 Å². The number of fused-ring (bicyclic) bond motifs is 3. The fraction of sp³-hybridized carbons (Fsp3) is 0.0833. The van der Waals surface area contributed by atoms with Gasteiger partial charge in [0.1, 0.15) is 5.75 Å². The highest BCUT2D eigenvalue weighted by molar-refractivity contribution is 7.99. The Balaban J connectivity index is 1.64. The van der Waals surface area contributed by atoms with Gasteiger partial charge in [-0.3, -0.25) is 14.0 Å². The van der Waals surface area contributed by atoms with Gasteiger partial charge >= 0.3 is 0 Å². The Morgan fingerprint density at radius 1 is 0.938 bits per heavy atom. The molecular weight excluding hydrogens is 424 g/mol. The van der Waals surface area contributed by atoms with Crippen LogP contribution in [0.5, 0.6) is 5.75 Å². The summed E-state index contributed by atoms with van der Waals surface area (Å²) in [4.78, 5) is 25.9. The van der Waals surface area contributed by atoms with Crippen LogP contribution in [0.3, 0.4) is 0 Å². The zero-order valence-corrected chi connectivity index (χ0v) is 18.0. The van der Waals surface area contributed by atoms with Crippen LogP contribution in [0.2, 0.25) is 0 Å². The van der Waals surface area contributed by atoms with E-state index in [0.717, 1.165) is 0 Å². The number of carbonyl (C=O) groups is 1. The summed E-state index contributed by atoms with van der Waals surface area (Å²) < 4.78 is 8.58. The highest BCUT2D eigenvalue weighted by atomic mass is 32.2. The van der Waals surface area contributed by atoms with Gasteiger partial charge in [0.15, 0.2) is 10.9 Å². The predicted octanol–water partition coefficient (Wildman–Crippen LogP) is 4.02. The van der Waals surface area contributed by atoms with Gasteiger partial charge in [0.25, 0.3) is 5.56 Å². The van der Waals surface area contributed by atoms with Gasteiger partial charge in [-0.25, -0.2) is 4.57 Å². The van der Waals surface area contributed by atoms with Gasteiger partial charge in [0.2, 0.25) is 5.78 Å². The molecule has 0 aliphatic rings. The second-order valence-electron chi connectivity index (χ2n) is 7.05. The number of ether oxygens (including phenoxy) is 1. The summed E-state index contributed by atoms with van der Waals surface area (Å²) in [6.07, 6.45) is 0. The molecule has 2 aromatic heterocycles. The van der Waals surface area contributed by atoms with E-state index >= 15 is 0 Å². The first-order valence-electron chi connectivity index (χ1n) is 9.92. The third kappa shape index (κ3) is 3.44. The molecule has 0 spiro atoms. The number of Topliss-reactive ketones (excluding diaryl/α,β-unsaturated/α-hetero) is 1. The summed E-state index contributed by atoms with van der Waals surface area (Å²) in [5.74, 6) is 1.28. The van der Waals surface area contributed by atoms with Gasteiger partial charge in [-0.2, -0.15) is 0 Å². The van der Waals surface area contributed by atoms with Crippen molar-refractivity contribution < 1.29 is 9.53 Å². The van der Waals surface area contributed by atoms with Gasteiger partial charge in [-0.05, 0) is 36.4 Å². The summed E-state index contributed by atoms with van der Waals surface area (Å²) in [5, 5.41) is 9.70. The molecule has 3 aromatic carbocycles. The Bertz CT molecular complexity index is 1490. The Labute approximate surface area is 187 Å². The van der Waals surface area contributed by atoms with Gasteiger partial charge in [-0.15, -0.1) is 10.2 Å². The first-order chi connectivity index (χ1) is 15.7. The Hall–Kier alpha value is -3.91. The predicted molar refractivity (Wildman–Crippen MR) is 124 cm³/mol. The van der Waals surface area contributed by atoms with E-state index in [-0.39, 0.29) is 17.1 Å². The minimum Gasteiger partial charge on any atom is -0.497 e. The molecule has 7 nitrogen and oxygen atoms in total. The lowest BCUT2D eigenvalue weighted by Crippen LogP contribution is -2.21. The number of methoxy groups -OCH3 is 1. The minimum absolute atomic E-state index is 0.000122. The molecule has 0 amide bonds. The topological polar surface area (TPSA) is 78.5 Å². The quantitative estimate of drug-likeness (QED) is 0.292. The number of ketones is 1. The van der Waals surface area contributed by atoms with Crippen molar-refractivity contribution in [2.75, 3.05) is 12.9 Å². The molecule has 0 saturated heterocycles. The average Bonchev–Trinajstić information content (AvgIpc) is 3.27. The van der Waals surface area contributed by atoms with Crippen LogP contribution in [-0.2, 0) is 0 Å². The van der Waals surface area contributed by atoms with Crippen LogP contribution >= 0.6 is 11.8 Å². The number of para-hydroxylation sites is 1. The normalized spacial score (nSPS) is 11.2. The Morgan fingerprint density at radius 2 is 1.66 bits per heavy atom. The number of hydrogen-bond donors (Lipinski definition) is 0. The van der Waals surface area contributed by atoms with E-state index in [0.29, 0.717) is 38.8 Å². The molecule has 0 N–H and O–H groups in total. The smallest absolute Gasteiger partial charge is 0.267 e. The van der Waals surface area contributed by atoms with Crippen LogP contribution in [0.1, 0.15) is 10.4 Å². The SMILES string of the molecule is COc1ccc(-n2c(=O)c3ccccc3n3c(SCC(=O)c4ccccc4)nnc23)cc1. The highest BCUT2D eigenvalue weighted by Crippen LogP contribution is 2.24. The number of hydrogen-bond acceptors (Lipinski definition) is 6. The molecule has 5 aromatic rings. The standard InChI is InChI=1S/C24H18N4O3S/c1-31-18-13-11-17(12-14-18)27-22(30)19-9-5-6-10-20(19)28-23(27)25-26-24(28)32-15-21(29)16-7-3-2-4-8-16/h2-14H,15H2,1H3. The first-order valence-corrected chi connectivity index (χ1v) is 10.9. The molecular formula is C24H18N4O3S. The molecule has 0 bridgehead atoms. The van der Waals surface area contributed by atoms with Crippen LogP contribution in [0.15, 0.2) is 88.8 Å². The van der Waals surface area contributed by atoms with Crippen molar-refractivity contribution >= 4 is 34.2 Å². The summed E-state index contributed by atoms with van der Waals surface area (Å²) in [6, 6.07) is 23.6. The molecule has 0 fully saturated rings.